The maximum atomic E-state index is 13.2. The normalized spacial score (nSPS) is 22.1. The summed E-state index contributed by atoms with van der Waals surface area (Å²) >= 11 is 7.73. The van der Waals surface area contributed by atoms with Crippen LogP contribution in [0, 0.1) is 4.91 Å². The number of amides is 5. The number of nitrogens with two attached hydrogens (primary N) is 2. The summed E-state index contributed by atoms with van der Waals surface area (Å²) < 4.78 is 0. The number of carboxylic acids is 1. The van der Waals surface area contributed by atoms with E-state index >= 15 is 0 Å². The van der Waals surface area contributed by atoms with Crippen molar-refractivity contribution in [3.05, 3.63) is 38.7 Å². The molecule has 1 aromatic carbocycles. The fraction of sp³-hybridized carbons (Fsp3) is 0.292. The molecule has 3 aliphatic heterocycles. The molecule has 0 radical (unpaired) electrons. The molecule has 1 aromatic heterocycles. The molecule has 240 valence electrons. The number of β-lactam (4-membered cyclic amide) rings is 1. The molecule has 5 rings (SSSR count). The first-order valence-electron chi connectivity index (χ1n) is 13.0. The van der Waals surface area contributed by atoms with Crippen molar-refractivity contribution in [3.63, 3.8) is 0 Å². The Hall–Kier alpha value is -5.15. The largest absolute Gasteiger partial charge is 0.504 e. The lowest BCUT2D eigenvalue weighted by Gasteiger charge is -2.40. The van der Waals surface area contributed by atoms with Crippen LogP contribution in [0.25, 0.3) is 0 Å². The Labute approximate surface area is 270 Å². The second-order valence-corrected chi connectivity index (χ2v) is 12.4. The first-order chi connectivity index (χ1) is 21.8. The number of hydrogen-bond donors (Lipinski definition) is 6. The first kappa shape index (κ1) is 32.2. The zero-order valence-electron chi connectivity index (χ0n) is 23.1. The van der Waals surface area contributed by atoms with Crippen LogP contribution in [0.2, 0.25) is 5.02 Å². The van der Waals surface area contributed by atoms with Gasteiger partial charge >= 0.3 is 17.9 Å². The van der Waals surface area contributed by atoms with Gasteiger partial charge in [-0.1, -0.05) is 23.4 Å². The molecule has 8 N–H and O–H groups in total. The Kier molecular flexibility index (Phi) is 8.64. The summed E-state index contributed by atoms with van der Waals surface area (Å²) in [4.78, 5) is 90.9. The number of aromatic hydroxyl groups is 1. The van der Waals surface area contributed by atoms with Crippen molar-refractivity contribution in [2.24, 2.45) is 10.3 Å². The minimum atomic E-state index is -1.89. The van der Waals surface area contributed by atoms with E-state index in [1.165, 1.54) is 10.3 Å². The number of hydrazone groups is 1. The topological polar surface area (TPSA) is 283 Å². The minimum Gasteiger partial charge on any atom is -0.504 e. The predicted octanol–water partition coefficient (Wildman–Crippen LogP) is -2.07. The summed E-state index contributed by atoms with van der Waals surface area (Å²) in [5.74, 6) is -5.76. The molecular formula is C24H22ClN10O9S2+. The molecular weight excluding hydrogens is 672 g/mol. The van der Waals surface area contributed by atoms with Gasteiger partial charge in [-0.05, 0) is 17.3 Å². The van der Waals surface area contributed by atoms with E-state index < -0.39 is 68.3 Å². The summed E-state index contributed by atoms with van der Waals surface area (Å²) in [5.41, 5.74) is 4.63. The van der Waals surface area contributed by atoms with Crippen LogP contribution in [0.4, 0.5) is 15.6 Å². The number of carbonyl (C=O) groups is 6. The van der Waals surface area contributed by atoms with E-state index in [0.29, 0.717) is 0 Å². The van der Waals surface area contributed by atoms with Gasteiger partial charge < -0.3 is 31.5 Å². The molecule has 0 spiro atoms. The molecule has 3 aliphatic rings. The molecule has 3 fully saturated rings. The van der Waals surface area contributed by atoms with Gasteiger partial charge in [0.05, 0.1) is 30.2 Å². The highest BCUT2D eigenvalue weighted by Crippen LogP contribution is 2.49. The summed E-state index contributed by atoms with van der Waals surface area (Å²) in [7, 11) is 0. The number of phenolic OH excluding ortho intramolecular Hbond substituents is 1. The Balaban J connectivity index is 1.18. The third-order valence-electron chi connectivity index (χ3n) is 7.15. The van der Waals surface area contributed by atoms with E-state index in [1.807, 2.05) is 0 Å². The van der Waals surface area contributed by atoms with Crippen LogP contribution in [0.5, 0.6) is 5.75 Å². The fourth-order valence-corrected chi connectivity index (χ4v) is 7.25. The molecule has 1 unspecified atom stereocenters. The van der Waals surface area contributed by atoms with Crippen molar-refractivity contribution in [3.8, 4) is 5.75 Å². The number of nitroso groups, excluding NO2 is 1. The number of thioether (sulfide) groups is 1. The zero-order chi connectivity index (χ0) is 33.5. The maximum Gasteiger partial charge on any atom is 0.342 e. The number of nitrogen functional groups attached to an aromatic ring is 1. The van der Waals surface area contributed by atoms with E-state index in [9.17, 15) is 43.9 Å². The molecule has 22 heteroatoms. The summed E-state index contributed by atoms with van der Waals surface area (Å²) in [5, 5.41) is 38.4. The number of nitrogens with zero attached hydrogens (tertiary/aromatic N) is 6. The van der Waals surface area contributed by atoms with Crippen LogP contribution >= 0.6 is 34.7 Å². The molecule has 46 heavy (non-hydrogen) atoms. The Morgan fingerprint density at radius 3 is 2.63 bits per heavy atom. The first-order valence-corrected chi connectivity index (χ1v) is 15.1. The maximum absolute atomic E-state index is 13.2. The fourth-order valence-electron chi connectivity index (χ4n) is 4.80. The second-order valence-electron chi connectivity index (χ2n) is 9.78. The molecule has 0 aliphatic carbocycles. The Morgan fingerprint density at radius 2 is 1.98 bits per heavy atom. The molecule has 3 atom stereocenters. The second kappa shape index (κ2) is 12.3. The van der Waals surface area contributed by atoms with Crippen molar-refractivity contribution >= 4 is 93.0 Å². The number of carboxylic acid groups (broad SMARTS) is 1. The number of anilines is 1. The van der Waals surface area contributed by atoms with Crippen LogP contribution in [0.15, 0.2) is 27.8 Å². The van der Waals surface area contributed by atoms with Gasteiger partial charge in [-0.2, -0.15) is 5.10 Å². The quantitative estimate of drug-likeness (QED) is 0.0487. The number of Topliss-reactive ketones (excluding diaryl/α,β-unsaturated/α-hetero) is 1. The summed E-state index contributed by atoms with van der Waals surface area (Å²) in [6.45, 7) is -0.797. The van der Waals surface area contributed by atoms with E-state index in [-0.39, 0.29) is 48.3 Å². The number of phenols is 1. The number of nitrogens with one attached hydrogen (secondary N) is 2. The number of urea groups is 1. The summed E-state index contributed by atoms with van der Waals surface area (Å²) in [6, 6.07) is 0.154. The number of fused-ring (bicyclic) bond motifs is 1. The smallest absolute Gasteiger partial charge is 0.342 e. The average Bonchev–Trinajstić information content (AvgIpc) is 3.74. The zero-order valence-corrected chi connectivity index (χ0v) is 25.5. The van der Waals surface area contributed by atoms with Crippen molar-refractivity contribution in [1.82, 2.24) is 30.4 Å². The number of ketones is 1. The third-order valence-corrected chi connectivity index (χ3v) is 9.89. The van der Waals surface area contributed by atoms with Crippen LogP contribution in [-0.2, 0) is 19.2 Å². The van der Waals surface area contributed by atoms with Gasteiger partial charge in [0.15, 0.2) is 22.3 Å². The van der Waals surface area contributed by atoms with Crippen LogP contribution in [0.1, 0.15) is 16.1 Å². The number of benzene rings is 1. The van der Waals surface area contributed by atoms with Gasteiger partial charge in [0.2, 0.25) is 10.8 Å². The lowest BCUT2D eigenvalue weighted by molar-refractivity contribution is -0.152. The van der Waals surface area contributed by atoms with Gasteiger partial charge in [-0.3, -0.25) is 24.1 Å². The van der Waals surface area contributed by atoms with Crippen molar-refractivity contribution < 1.29 is 44.4 Å². The van der Waals surface area contributed by atoms with Gasteiger partial charge in [0.1, 0.15) is 11.4 Å². The van der Waals surface area contributed by atoms with Gasteiger partial charge in [0, 0.05) is 18.1 Å². The molecule has 5 amide bonds. The molecule has 3 saturated heterocycles. The van der Waals surface area contributed by atoms with Crippen LogP contribution < -0.4 is 21.8 Å². The number of aliphatic carboxylic acids is 1. The van der Waals surface area contributed by atoms with Crippen molar-refractivity contribution in [2.45, 2.75) is 16.3 Å². The number of hydrogen-bond acceptors (Lipinski definition) is 14. The number of rotatable bonds is 11. The van der Waals surface area contributed by atoms with Gasteiger partial charge in [-0.15, -0.1) is 16.2 Å². The van der Waals surface area contributed by atoms with Crippen LogP contribution in [-0.4, -0.2) is 120 Å². The lowest BCUT2D eigenvalue weighted by atomic mass is 10.1. The molecule has 19 nitrogen and oxygen atoms in total. The molecule has 0 saturated carbocycles. The molecule has 4 heterocycles. The number of carbonyl (C=O) groups excluding carboxylic acids is 5. The Morgan fingerprint density at radius 1 is 1.24 bits per heavy atom. The number of halogens is 1. The highest BCUT2D eigenvalue weighted by atomic mass is 35.5. The monoisotopic (exact) mass is 693 g/mol. The standard InChI is InChI=1S/C24H21ClN10O9S2/c25-12-9(1-2-10(32-44)16(12)37)15(36)18(39)28-3-4-29-35-6-5-34(23(35)43)24(21(41)42)8-33-19(40)14(20(33)46-24)31-17(38)13(26)11-7-45-22(27)30-11/h1-2,4,7,14,20,26,37H,3,5-6,8H2,(H2,27,30)(H,28,39)(H,31,38)(H,41,42)/p+1/b26-13?,29-4+/t14?,20-,24-/m1/s1. The van der Waals surface area contributed by atoms with E-state index in [4.69, 9.17) is 22.7 Å². The minimum absolute atomic E-state index is 0.0369. The SMILES string of the molecule is Nc1nc(C(=[NH2+])C(=O)NC2C(=O)N3C[C@@](C(=O)O)(N4CCN(/N=C/CNC(=O)C(=O)c5ccc(N=O)c(O)c5Cl)C4=O)S[C@H]23)cs1. The molecule has 0 bridgehead atoms. The van der Waals surface area contributed by atoms with E-state index in [2.05, 4.69) is 25.9 Å². The van der Waals surface area contributed by atoms with Crippen molar-refractivity contribution in [1.29, 1.82) is 0 Å². The van der Waals surface area contributed by atoms with Gasteiger partial charge in [0.25, 0.3) is 17.4 Å². The van der Waals surface area contributed by atoms with Gasteiger partial charge in [-0.25, -0.2) is 25.0 Å². The Bertz CT molecular complexity index is 1750. The molecule has 2 aromatic rings. The third kappa shape index (κ3) is 5.47. The van der Waals surface area contributed by atoms with E-state index in [0.717, 1.165) is 51.4 Å². The highest BCUT2D eigenvalue weighted by Gasteiger charge is 2.66. The predicted molar refractivity (Wildman–Crippen MR) is 161 cm³/mol. The van der Waals surface area contributed by atoms with Crippen molar-refractivity contribution in [2.75, 3.05) is 31.9 Å². The highest BCUT2D eigenvalue weighted by molar-refractivity contribution is 8.02. The average molecular weight is 694 g/mol. The van der Waals surface area contributed by atoms with Crippen LogP contribution in [0.3, 0.4) is 0 Å². The number of aromatic nitrogens is 1. The van der Waals surface area contributed by atoms with E-state index in [1.54, 1.807) is 0 Å². The summed E-state index contributed by atoms with van der Waals surface area (Å²) in [6.07, 6.45) is 1.10. The lowest BCUT2D eigenvalue weighted by Crippen LogP contribution is -2.69. The number of thiazole rings is 1.